The highest BCUT2D eigenvalue weighted by atomic mass is 16.3. The van der Waals surface area contributed by atoms with E-state index in [4.69, 9.17) is 10.2 Å². The molecular weight excluding hydrogens is 320 g/mol. The maximum absolute atomic E-state index is 12.1. The zero-order valence-corrected chi connectivity index (χ0v) is 13.5. The third-order valence-corrected chi connectivity index (χ3v) is 3.40. The highest BCUT2D eigenvalue weighted by Crippen LogP contribution is 2.07. The van der Waals surface area contributed by atoms with E-state index in [9.17, 15) is 19.8 Å². The fourth-order valence-corrected chi connectivity index (χ4v) is 1.80. The summed E-state index contributed by atoms with van der Waals surface area (Å²) in [5.41, 5.74) is -0.158. The summed E-state index contributed by atoms with van der Waals surface area (Å²) in [5.74, 6) is -1.23. The minimum Gasteiger partial charge on any atom is -0.396 e. The molecule has 1 heterocycles. The summed E-state index contributed by atoms with van der Waals surface area (Å²) in [6.07, 6.45) is -0.149. The molecule has 0 aromatic carbocycles. The van der Waals surface area contributed by atoms with Crippen LogP contribution in [0.4, 0.5) is 0 Å². The lowest BCUT2D eigenvalue weighted by atomic mass is 10.3. The second kappa shape index (κ2) is 9.23. The Bertz CT molecular complexity index is 504. The summed E-state index contributed by atoms with van der Waals surface area (Å²) >= 11 is 0. The maximum Gasteiger partial charge on any atom is 0.275 e. The van der Waals surface area contributed by atoms with Crippen molar-refractivity contribution in [2.45, 2.75) is 25.3 Å². The molecule has 10 nitrogen and oxygen atoms in total. The van der Waals surface area contributed by atoms with Gasteiger partial charge in [0.15, 0.2) is 0 Å². The Morgan fingerprint density at radius 1 is 0.917 bits per heavy atom. The maximum atomic E-state index is 12.1. The zero-order valence-electron chi connectivity index (χ0n) is 13.5. The summed E-state index contributed by atoms with van der Waals surface area (Å²) < 4.78 is 0. The molecule has 0 aliphatic rings. The molecule has 2 amide bonds. The standard InChI is InChI=1S/C14H22N4O6/c1-17(11(21)3-5-19)13(23)9-7-16-10(8-15-9)14(24)18(2)12(22)4-6-20/h7-8,11-12,19-22H,3-6H2,1-2H3. The van der Waals surface area contributed by atoms with Crippen LogP contribution in [0.25, 0.3) is 0 Å². The van der Waals surface area contributed by atoms with Crippen LogP contribution in [0.2, 0.25) is 0 Å². The van der Waals surface area contributed by atoms with E-state index in [1.54, 1.807) is 0 Å². The lowest BCUT2D eigenvalue weighted by Gasteiger charge is -2.23. The van der Waals surface area contributed by atoms with Crippen LogP contribution < -0.4 is 0 Å². The van der Waals surface area contributed by atoms with E-state index >= 15 is 0 Å². The summed E-state index contributed by atoms with van der Waals surface area (Å²) in [4.78, 5) is 33.9. The van der Waals surface area contributed by atoms with Crippen molar-refractivity contribution < 1.29 is 30.0 Å². The van der Waals surface area contributed by atoms with Crippen LogP contribution in [0.15, 0.2) is 12.4 Å². The molecule has 10 heteroatoms. The molecule has 2 unspecified atom stereocenters. The minimum atomic E-state index is -1.16. The van der Waals surface area contributed by atoms with E-state index in [1.807, 2.05) is 0 Å². The highest BCUT2D eigenvalue weighted by molar-refractivity contribution is 5.94. The van der Waals surface area contributed by atoms with Crippen LogP contribution in [0.3, 0.4) is 0 Å². The van der Waals surface area contributed by atoms with Crippen LogP contribution in [0.5, 0.6) is 0 Å². The number of aliphatic hydroxyl groups is 4. The number of carbonyl (C=O) groups is 2. The van der Waals surface area contributed by atoms with Gasteiger partial charge in [0.05, 0.1) is 12.4 Å². The Hall–Kier alpha value is -2.14. The first kappa shape index (κ1) is 19.9. The molecule has 0 spiro atoms. The van der Waals surface area contributed by atoms with Gasteiger partial charge in [-0.05, 0) is 0 Å². The van der Waals surface area contributed by atoms with Crippen LogP contribution in [0.1, 0.15) is 33.8 Å². The van der Waals surface area contributed by atoms with Gasteiger partial charge in [0, 0.05) is 40.2 Å². The SMILES string of the molecule is CN(C(=O)c1cnc(C(=O)N(C)C(O)CCO)cn1)C(O)CCO. The molecule has 0 aliphatic heterocycles. The quantitative estimate of drug-likeness (QED) is 0.397. The van der Waals surface area contributed by atoms with Gasteiger partial charge in [0.1, 0.15) is 23.8 Å². The molecule has 0 radical (unpaired) electrons. The first-order valence-electron chi connectivity index (χ1n) is 7.27. The van der Waals surface area contributed by atoms with Crippen molar-refractivity contribution in [2.75, 3.05) is 27.3 Å². The Morgan fingerprint density at radius 3 is 1.50 bits per heavy atom. The number of amides is 2. The number of hydrogen-bond acceptors (Lipinski definition) is 8. The number of rotatable bonds is 8. The van der Waals surface area contributed by atoms with E-state index in [2.05, 4.69) is 9.97 Å². The molecule has 1 aromatic rings. The summed E-state index contributed by atoms with van der Waals surface area (Å²) in [5, 5.41) is 36.9. The molecular formula is C14H22N4O6. The van der Waals surface area contributed by atoms with Gasteiger partial charge in [0.25, 0.3) is 11.8 Å². The number of aromatic nitrogens is 2. The van der Waals surface area contributed by atoms with Gasteiger partial charge >= 0.3 is 0 Å². The molecule has 0 fully saturated rings. The van der Waals surface area contributed by atoms with E-state index in [-0.39, 0.29) is 37.4 Å². The fraction of sp³-hybridized carbons (Fsp3) is 0.571. The largest absolute Gasteiger partial charge is 0.396 e. The number of aliphatic hydroxyl groups excluding tert-OH is 4. The number of hydrogen-bond donors (Lipinski definition) is 4. The van der Waals surface area contributed by atoms with Crippen molar-refractivity contribution in [3.05, 3.63) is 23.8 Å². The summed E-state index contributed by atoms with van der Waals surface area (Å²) in [6, 6.07) is 0. The van der Waals surface area contributed by atoms with Gasteiger partial charge in [-0.1, -0.05) is 0 Å². The van der Waals surface area contributed by atoms with Crippen LogP contribution in [-0.2, 0) is 0 Å². The summed E-state index contributed by atoms with van der Waals surface area (Å²) in [6.45, 7) is -0.555. The second-order valence-electron chi connectivity index (χ2n) is 5.10. The van der Waals surface area contributed by atoms with E-state index in [0.717, 1.165) is 22.2 Å². The van der Waals surface area contributed by atoms with Crippen LogP contribution >= 0.6 is 0 Å². The topological polar surface area (TPSA) is 147 Å². The van der Waals surface area contributed by atoms with Crippen molar-refractivity contribution in [1.82, 2.24) is 19.8 Å². The Kier molecular flexibility index (Phi) is 7.65. The zero-order chi connectivity index (χ0) is 18.3. The molecule has 2 atom stereocenters. The molecule has 134 valence electrons. The van der Waals surface area contributed by atoms with Crippen molar-refractivity contribution in [3.8, 4) is 0 Å². The predicted molar refractivity (Wildman–Crippen MR) is 81.6 cm³/mol. The predicted octanol–water partition coefficient (Wildman–Crippen LogP) is -1.98. The summed E-state index contributed by atoms with van der Waals surface area (Å²) in [7, 11) is 2.70. The lowest BCUT2D eigenvalue weighted by molar-refractivity contribution is 0.00577. The first-order valence-corrected chi connectivity index (χ1v) is 7.27. The molecule has 1 aromatic heterocycles. The van der Waals surface area contributed by atoms with E-state index in [0.29, 0.717) is 0 Å². The van der Waals surface area contributed by atoms with Gasteiger partial charge in [-0.2, -0.15) is 0 Å². The third-order valence-electron chi connectivity index (χ3n) is 3.40. The van der Waals surface area contributed by atoms with E-state index < -0.39 is 24.3 Å². The molecule has 1 rings (SSSR count). The highest BCUT2D eigenvalue weighted by Gasteiger charge is 2.23. The monoisotopic (exact) mass is 342 g/mol. The second-order valence-corrected chi connectivity index (χ2v) is 5.10. The van der Waals surface area contributed by atoms with Crippen LogP contribution in [-0.4, -0.2) is 91.8 Å². The van der Waals surface area contributed by atoms with Crippen molar-refractivity contribution in [1.29, 1.82) is 0 Å². The first-order chi connectivity index (χ1) is 11.3. The number of carbonyl (C=O) groups excluding carboxylic acids is 2. The van der Waals surface area contributed by atoms with Crippen LogP contribution in [0, 0.1) is 0 Å². The van der Waals surface area contributed by atoms with Crippen molar-refractivity contribution in [3.63, 3.8) is 0 Å². The van der Waals surface area contributed by atoms with Gasteiger partial charge < -0.3 is 30.2 Å². The Balaban J connectivity index is 2.81. The fourth-order valence-electron chi connectivity index (χ4n) is 1.80. The molecule has 24 heavy (non-hydrogen) atoms. The molecule has 0 aliphatic carbocycles. The normalized spacial score (nSPS) is 13.2. The minimum absolute atomic E-state index is 0.000220. The molecule has 4 N–H and O–H groups in total. The lowest BCUT2D eigenvalue weighted by Crippen LogP contribution is -2.39. The van der Waals surface area contributed by atoms with Gasteiger partial charge in [-0.3, -0.25) is 9.59 Å². The van der Waals surface area contributed by atoms with Crippen molar-refractivity contribution in [2.24, 2.45) is 0 Å². The smallest absolute Gasteiger partial charge is 0.275 e. The molecule has 0 saturated carbocycles. The molecule has 0 bridgehead atoms. The average Bonchev–Trinajstić information content (AvgIpc) is 2.59. The van der Waals surface area contributed by atoms with Gasteiger partial charge in [0.2, 0.25) is 0 Å². The Labute approximate surface area is 139 Å². The average molecular weight is 342 g/mol. The number of nitrogens with zero attached hydrogens (tertiary/aromatic N) is 4. The Morgan fingerprint density at radius 2 is 1.25 bits per heavy atom. The van der Waals surface area contributed by atoms with E-state index in [1.165, 1.54) is 14.1 Å². The molecule has 0 saturated heterocycles. The van der Waals surface area contributed by atoms with Crippen molar-refractivity contribution >= 4 is 11.8 Å². The third kappa shape index (κ3) is 4.93. The van der Waals surface area contributed by atoms with Gasteiger partial charge in [-0.25, -0.2) is 9.97 Å². The van der Waals surface area contributed by atoms with Gasteiger partial charge in [-0.15, -0.1) is 0 Å².